The number of nitrogens with two attached hydrogens (primary N) is 1. The van der Waals surface area contributed by atoms with E-state index < -0.39 is 17.8 Å². The minimum Gasteiger partial charge on any atom is -0.480 e. The van der Waals surface area contributed by atoms with Gasteiger partial charge < -0.3 is 15.7 Å². The van der Waals surface area contributed by atoms with Gasteiger partial charge in [0, 0.05) is 14.1 Å². The second-order valence-corrected chi connectivity index (χ2v) is 3.42. The highest BCUT2D eigenvalue weighted by atomic mass is 19.1. The Bertz CT molecular complexity index is 380. The predicted octanol–water partition coefficient (Wildman–Crippen LogP) is 0.976. The smallest absolute Gasteiger partial charge is 0.325 e. The molecule has 0 saturated heterocycles. The third-order valence-electron chi connectivity index (χ3n) is 2.08. The van der Waals surface area contributed by atoms with Gasteiger partial charge in [0.05, 0.1) is 5.69 Å². The molecular formula is C10H13FN2O2. The molecule has 0 heterocycles. The van der Waals surface area contributed by atoms with Crippen molar-refractivity contribution in [2.45, 2.75) is 6.04 Å². The molecule has 4 nitrogen and oxygen atoms in total. The first kappa shape index (κ1) is 11.5. The van der Waals surface area contributed by atoms with Crippen molar-refractivity contribution in [3.63, 3.8) is 0 Å². The minimum absolute atomic E-state index is 0.323. The van der Waals surface area contributed by atoms with Crippen LogP contribution >= 0.6 is 0 Å². The summed E-state index contributed by atoms with van der Waals surface area (Å²) in [6.45, 7) is 0. The molecule has 1 rings (SSSR count). The van der Waals surface area contributed by atoms with Crippen LogP contribution in [-0.2, 0) is 4.79 Å². The summed E-state index contributed by atoms with van der Waals surface area (Å²) in [5.74, 6) is -1.53. The number of carboxylic acids is 1. The Labute approximate surface area is 87.1 Å². The maximum atomic E-state index is 13.3. The van der Waals surface area contributed by atoms with Gasteiger partial charge in [-0.2, -0.15) is 0 Å². The molecule has 0 aliphatic rings. The molecule has 0 spiro atoms. The monoisotopic (exact) mass is 212 g/mol. The van der Waals surface area contributed by atoms with E-state index in [1.165, 1.54) is 18.2 Å². The van der Waals surface area contributed by atoms with E-state index in [1.807, 2.05) is 0 Å². The highest BCUT2D eigenvalue weighted by molar-refractivity contribution is 5.75. The number of halogens is 1. The van der Waals surface area contributed by atoms with Crippen molar-refractivity contribution >= 4 is 11.7 Å². The van der Waals surface area contributed by atoms with Gasteiger partial charge in [-0.15, -0.1) is 0 Å². The molecule has 82 valence electrons. The van der Waals surface area contributed by atoms with E-state index in [9.17, 15) is 9.18 Å². The summed E-state index contributed by atoms with van der Waals surface area (Å²) in [5, 5.41) is 8.70. The molecule has 1 unspecified atom stereocenters. The van der Waals surface area contributed by atoms with Gasteiger partial charge in [0.2, 0.25) is 0 Å². The Morgan fingerprint density at radius 3 is 2.60 bits per heavy atom. The Balaban J connectivity index is 3.13. The lowest BCUT2D eigenvalue weighted by Crippen LogP contribution is -2.21. The fourth-order valence-electron chi connectivity index (χ4n) is 1.21. The largest absolute Gasteiger partial charge is 0.480 e. The Kier molecular flexibility index (Phi) is 3.26. The zero-order valence-corrected chi connectivity index (χ0v) is 8.57. The number of carboxylic acid groups (broad SMARTS) is 1. The Hall–Kier alpha value is -1.62. The summed E-state index contributed by atoms with van der Waals surface area (Å²) in [6.07, 6.45) is 0. The Morgan fingerprint density at radius 1 is 1.53 bits per heavy atom. The zero-order chi connectivity index (χ0) is 11.6. The van der Waals surface area contributed by atoms with Gasteiger partial charge in [0.15, 0.2) is 0 Å². The van der Waals surface area contributed by atoms with Crippen molar-refractivity contribution in [3.05, 3.63) is 29.6 Å². The number of hydrogen-bond acceptors (Lipinski definition) is 3. The quantitative estimate of drug-likeness (QED) is 0.783. The van der Waals surface area contributed by atoms with Crippen LogP contribution in [0.5, 0.6) is 0 Å². The number of hydrogen-bond donors (Lipinski definition) is 2. The maximum Gasteiger partial charge on any atom is 0.325 e. The minimum atomic E-state index is -1.13. The molecular weight excluding hydrogens is 199 g/mol. The average molecular weight is 212 g/mol. The fraction of sp³-hybridized carbons (Fsp3) is 0.300. The van der Waals surface area contributed by atoms with Gasteiger partial charge in [-0.25, -0.2) is 4.39 Å². The lowest BCUT2D eigenvalue weighted by Gasteiger charge is -2.16. The first-order chi connectivity index (χ1) is 6.93. The Morgan fingerprint density at radius 2 is 2.13 bits per heavy atom. The highest BCUT2D eigenvalue weighted by Crippen LogP contribution is 2.21. The summed E-state index contributed by atoms with van der Waals surface area (Å²) >= 11 is 0. The van der Waals surface area contributed by atoms with Crippen molar-refractivity contribution < 1.29 is 14.3 Å². The third-order valence-corrected chi connectivity index (χ3v) is 2.08. The van der Waals surface area contributed by atoms with E-state index in [0.717, 1.165) is 0 Å². The topological polar surface area (TPSA) is 66.6 Å². The molecule has 0 aliphatic heterocycles. The van der Waals surface area contributed by atoms with Gasteiger partial charge >= 0.3 is 5.97 Å². The van der Waals surface area contributed by atoms with E-state index in [1.54, 1.807) is 19.0 Å². The molecule has 5 heteroatoms. The van der Waals surface area contributed by atoms with Gasteiger partial charge in [-0.05, 0) is 17.7 Å². The molecule has 0 aromatic heterocycles. The molecule has 0 amide bonds. The van der Waals surface area contributed by atoms with Gasteiger partial charge in [0.25, 0.3) is 0 Å². The average Bonchev–Trinajstić information content (AvgIpc) is 2.16. The third kappa shape index (κ3) is 2.44. The van der Waals surface area contributed by atoms with E-state index in [0.29, 0.717) is 11.3 Å². The lowest BCUT2D eigenvalue weighted by atomic mass is 10.1. The van der Waals surface area contributed by atoms with Crippen LogP contribution in [0.3, 0.4) is 0 Å². The van der Waals surface area contributed by atoms with Crippen molar-refractivity contribution in [1.29, 1.82) is 0 Å². The summed E-state index contributed by atoms with van der Waals surface area (Å²) < 4.78 is 13.3. The molecule has 1 atom stereocenters. The number of benzene rings is 1. The van der Waals surface area contributed by atoms with E-state index >= 15 is 0 Å². The molecule has 1 aromatic carbocycles. The standard InChI is InChI=1S/C10H13FN2O2/c1-13(2)8-5-6(3-4-7(8)11)9(12)10(14)15/h3-5,9H,12H2,1-2H3,(H,14,15). The molecule has 1 aromatic rings. The van der Waals surface area contributed by atoms with Crippen LogP contribution in [0.2, 0.25) is 0 Å². The second kappa shape index (κ2) is 4.27. The van der Waals surface area contributed by atoms with E-state index in [2.05, 4.69) is 0 Å². The maximum absolute atomic E-state index is 13.3. The van der Waals surface area contributed by atoms with E-state index in [4.69, 9.17) is 10.8 Å². The number of rotatable bonds is 3. The number of carbonyl (C=O) groups is 1. The molecule has 3 N–H and O–H groups in total. The van der Waals surface area contributed by atoms with Crippen LogP contribution in [0.25, 0.3) is 0 Å². The van der Waals surface area contributed by atoms with Crippen LogP contribution in [0.1, 0.15) is 11.6 Å². The molecule has 0 bridgehead atoms. The predicted molar refractivity (Wildman–Crippen MR) is 55.3 cm³/mol. The van der Waals surface area contributed by atoms with Gasteiger partial charge in [-0.3, -0.25) is 4.79 Å². The number of nitrogens with zero attached hydrogens (tertiary/aromatic N) is 1. The van der Waals surface area contributed by atoms with Gasteiger partial charge in [0.1, 0.15) is 11.9 Å². The first-order valence-corrected chi connectivity index (χ1v) is 4.38. The molecule has 0 fully saturated rings. The number of anilines is 1. The lowest BCUT2D eigenvalue weighted by molar-refractivity contribution is -0.138. The van der Waals surface area contributed by atoms with Crippen LogP contribution in [0.15, 0.2) is 18.2 Å². The molecule has 0 radical (unpaired) electrons. The number of aliphatic carboxylic acids is 1. The highest BCUT2D eigenvalue weighted by Gasteiger charge is 2.16. The van der Waals surface area contributed by atoms with Crippen LogP contribution < -0.4 is 10.6 Å². The van der Waals surface area contributed by atoms with Crippen molar-refractivity contribution in [2.75, 3.05) is 19.0 Å². The van der Waals surface area contributed by atoms with E-state index in [-0.39, 0.29) is 0 Å². The zero-order valence-electron chi connectivity index (χ0n) is 8.57. The van der Waals surface area contributed by atoms with Crippen molar-refractivity contribution in [2.24, 2.45) is 5.73 Å². The summed E-state index contributed by atoms with van der Waals surface area (Å²) in [5.41, 5.74) is 6.12. The van der Waals surface area contributed by atoms with Gasteiger partial charge in [-0.1, -0.05) is 6.07 Å². The molecule has 15 heavy (non-hydrogen) atoms. The van der Waals surface area contributed by atoms with Crippen LogP contribution in [-0.4, -0.2) is 25.2 Å². The van der Waals surface area contributed by atoms with Crippen molar-refractivity contribution in [1.82, 2.24) is 0 Å². The summed E-state index contributed by atoms with van der Waals surface area (Å²) in [6, 6.07) is 2.91. The van der Waals surface area contributed by atoms with Crippen LogP contribution in [0.4, 0.5) is 10.1 Å². The summed E-state index contributed by atoms with van der Waals surface area (Å²) in [7, 11) is 3.35. The normalized spacial score (nSPS) is 12.3. The first-order valence-electron chi connectivity index (χ1n) is 4.38. The molecule has 0 aliphatic carbocycles. The second-order valence-electron chi connectivity index (χ2n) is 3.42. The fourth-order valence-corrected chi connectivity index (χ4v) is 1.21. The summed E-state index contributed by atoms with van der Waals surface area (Å²) in [4.78, 5) is 12.2. The molecule has 0 saturated carbocycles. The SMILES string of the molecule is CN(C)c1cc(C(N)C(=O)O)ccc1F. The van der Waals surface area contributed by atoms with Crippen LogP contribution in [0, 0.1) is 5.82 Å². The van der Waals surface area contributed by atoms with Crippen molar-refractivity contribution in [3.8, 4) is 0 Å².